The van der Waals surface area contributed by atoms with Gasteiger partial charge >= 0.3 is 0 Å². The molecular weight excluding hydrogens is 860 g/mol. The third-order valence-electron chi connectivity index (χ3n) is 20.0. The van der Waals surface area contributed by atoms with Crippen LogP contribution in [-0.2, 0) is 37.9 Å². The summed E-state index contributed by atoms with van der Waals surface area (Å²) in [5, 5.41) is 1.29. The summed E-state index contributed by atoms with van der Waals surface area (Å²) >= 11 is 0. The number of nitrogens with zero attached hydrogens (tertiary/aromatic N) is 2. The van der Waals surface area contributed by atoms with Gasteiger partial charge in [-0.1, -0.05) is 139 Å². The number of benzene rings is 6. The summed E-state index contributed by atoms with van der Waals surface area (Å²) in [6.07, 6.45) is 9.66. The minimum Gasteiger partial charge on any atom is -0.440 e. The van der Waals surface area contributed by atoms with Crippen LogP contribution in [0.25, 0.3) is 22.1 Å². The Hall–Kier alpha value is -5.48. The van der Waals surface area contributed by atoms with Crippen molar-refractivity contribution in [3.63, 3.8) is 0 Å². The first-order valence-electron chi connectivity index (χ1n) is 27.3. The maximum atomic E-state index is 7.69. The minimum atomic E-state index is -0.0465. The highest BCUT2D eigenvalue weighted by molar-refractivity contribution is 7.01. The molecule has 7 aromatic rings. The van der Waals surface area contributed by atoms with Crippen LogP contribution in [0, 0.1) is 6.92 Å². The largest absolute Gasteiger partial charge is 0.440 e. The molecule has 0 N–H and O–H groups in total. The quantitative estimate of drug-likeness (QED) is 0.165. The molecule has 0 unspecified atom stereocenters. The highest BCUT2D eigenvalue weighted by Gasteiger charge is 2.52. The highest BCUT2D eigenvalue weighted by atomic mass is 16.4. The first-order chi connectivity index (χ1) is 33.4. The van der Waals surface area contributed by atoms with Gasteiger partial charge in [0.25, 0.3) is 6.71 Å². The molecule has 0 saturated heterocycles. The Kier molecular flexibility index (Phi) is 9.20. The van der Waals surface area contributed by atoms with E-state index in [0.29, 0.717) is 0 Å². The third kappa shape index (κ3) is 6.40. The van der Waals surface area contributed by atoms with Crippen LogP contribution in [0.1, 0.15) is 186 Å². The molecule has 71 heavy (non-hydrogen) atoms. The van der Waals surface area contributed by atoms with Gasteiger partial charge in [0.15, 0.2) is 0 Å². The Labute approximate surface area is 425 Å². The van der Waals surface area contributed by atoms with Gasteiger partial charge in [0, 0.05) is 39.2 Å². The molecule has 2 aliphatic heterocycles. The second-order valence-corrected chi connectivity index (χ2v) is 27.7. The molecule has 6 aromatic carbocycles. The topological polar surface area (TPSA) is 19.6 Å². The first kappa shape index (κ1) is 45.4. The number of hydrogen-bond donors (Lipinski definition) is 0. The number of fused-ring (bicyclic) bond motifs is 10. The second kappa shape index (κ2) is 14.4. The lowest BCUT2D eigenvalue weighted by Gasteiger charge is -2.52. The fourth-order valence-electron chi connectivity index (χ4n) is 14.9. The number of anilines is 6. The van der Waals surface area contributed by atoms with Gasteiger partial charge in [0.2, 0.25) is 5.88 Å². The summed E-state index contributed by atoms with van der Waals surface area (Å²) in [5.74, 6) is 0.989. The van der Waals surface area contributed by atoms with E-state index >= 15 is 0 Å². The van der Waals surface area contributed by atoms with E-state index < -0.39 is 0 Å². The smallest absolute Gasteiger partial charge is 0.257 e. The summed E-state index contributed by atoms with van der Waals surface area (Å²) in [6, 6.07) is 41.5. The zero-order valence-electron chi connectivity index (χ0n) is 45.4. The molecular formula is C67H75BN2O. The summed E-state index contributed by atoms with van der Waals surface area (Å²) in [7, 11) is 0. The number of furan rings is 1. The van der Waals surface area contributed by atoms with Crippen molar-refractivity contribution in [1.29, 1.82) is 0 Å². The van der Waals surface area contributed by atoms with E-state index in [1.807, 2.05) is 0 Å². The Morgan fingerprint density at radius 3 is 1.66 bits per heavy atom. The maximum Gasteiger partial charge on any atom is 0.257 e. The van der Waals surface area contributed by atoms with Crippen molar-refractivity contribution in [2.45, 2.75) is 186 Å². The van der Waals surface area contributed by atoms with Crippen LogP contribution in [-0.4, -0.2) is 6.71 Å². The molecule has 0 radical (unpaired) electrons. The normalized spacial score (nSPS) is 23.7. The molecule has 1 saturated carbocycles. The lowest BCUT2D eigenvalue weighted by molar-refractivity contribution is 0.188. The molecule has 1 aromatic heterocycles. The Morgan fingerprint density at radius 1 is 0.479 bits per heavy atom. The van der Waals surface area contributed by atoms with E-state index in [2.05, 4.69) is 210 Å². The maximum absolute atomic E-state index is 7.69. The van der Waals surface area contributed by atoms with Gasteiger partial charge in [-0.2, -0.15) is 0 Å². The SMILES string of the molecule is Cc1cc2c3c(c1)N(c1ccc4c(c1)C(C)(C)CCC4(C)C)c1oc4cc5c(cc4c1B3c1cc3c(cc1N2c1ccc(C(C)(C)C)cc1-c1ccccc1)C(C)(C)CCC3(C)C)C1(C)CCC5(C)CC1. The predicted molar refractivity (Wildman–Crippen MR) is 303 cm³/mol. The molecule has 0 atom stereocenters. The van der Waals surface area contributed by atoms with E-state index in [4.69, 9.17) is 4.42 Å². The van der Waals surface area contributed by atoms with Crippen molar-refractivity contribution in [2.24, 2.45) is 0 Å². The third-order valence-corrected chi connectivity index (χ3v) is 20.0. The molecule has 14 rings (SSSR count). The van der Waals surface area contributed by atoms with Crippen LogP contribution >= 0.6 is 0 Å². The van der Waals surface area contributed by atoms with E-state index in [0.717, 1.165) is 30.7 Å². The average Bonchev–Trinajstić information content (AvgIpc) is 3.69. The van der Waals surface area contributed by atoms with E-state index in [-0.39, 0.29) is 44.6 Å². The molecule has 3 heterocycles. The Bertz CT molecular complexity index is 3420. The summed E-state index contributed by atoms with van der Waals surface area (Å²) < 4.78 is 7.69. The van der Waals surface area contributed by atoms with Crippen LogP contribution < -0.4 is 26.2 Å². The average molecular weight is 935 g/mol. The van der Waals surface area contributed by atoms with Crippen LogP contribution in [0.5, 0.6) is 0 Å². The lowest BCUT2D eigenvalue weighted by atomic mass is 9.33. The van der Waals surface area contributed by atoms with E-state index in [1.165, 1.54) is 132 Å². The lowest BCUT2D eigenvalue weighted by Crippen LogP contribution is -2.61. The van der Waals surface area contributed by atoms with Crippen molar-refractivity contribution in [3.8, 4) is 11.1 Å². The van der Waals surface area contributed by atoms with Crippen LogP contribution in [0.2, 0.25) is 0 Å². The van der Waals surface area contributed by atoms with E-state index in [1.54, 1.807) is 5.56 Å². The highest BCUT2D eigenvalue weighted by Crippen LogP contribution is 2.59. The fourth-order valence-corrected chi connectivity index (χ4v) is 14.9. The van der Waals surface area contributed by atoms with Gasteiger partial charge in [-0.15, -0.1) is 0 Å². The van der Waals surface area contributed by atoms with Gasteiger partial charge in [-0.05, 0) is 212 Å². The molecule has 0 amide bonds. The molecule has 2 bridgehead atoms. The molecule has 362 valence electrons. The second-order valence-electron chi connectivity index (χ2n) is 27.7. The van der Waals surface area contributed by atoms with Gasteiger partial charge in [0.1, 0.15) is 5.58 Å². The van der Waals surface area contributed by atoms with Crippen molar-refractivity contribution >= 4 is 68.4 Å². The van der Waals surface area contributed by atoms with Crippen molar-refractivity contribution in [1.82, 2.24) is 0 Å². The van der Waals surface area contributed by atoms with Crippen LogP contribution in [0.4, 0.5) is 34.3 Å². The molecule has 7 aliphatic rings. The summed E-state index contributed by atoms with van der Waals surface area (Å²) in [6.45, 7) is 34.2. The van der Waals surface area contributed by atoms with Crippen molar-refractivity contribution < 1.29 is 4.42 Å². The van der Waals surface area contributed by atoms with E-state index in [9.17, 15) is 0 Å². The number of rotatable bonds is 3. The monoisotopic (exact) mass is 935 g/mol. The van der Waals surface area contributed by atoms with Crippen molar-refractivity contribution in [2.75, 3.05) is 9.80 Å². The van der Waals surface area contributed by atoms with Gasteiger partial charge in [-0.25, -0.2) is 0 Å². The fraction of sp³-hybridized carbons (Fsp3) is 0.433. The zero-order valence-corrected chi connectivity index (χ0v) is 45.4. The molecule has 0 spiro atoms. The molecule has 5 aliphatic carbocycles. The molecule has 1 fully saturated rings. The van der Waals surface area contributed by atoms with Gasteiger partial charge in [0.05, 0.1) is 5.69 Å². The Balaban J connectivity index is 1.18. The van der Waals surface area contributed by atoms with Crippen LogP contribution in [0.15, 0.2) is 108 Å². The molecule has 4 heteroatoms. The minimum absolute atomic E-state index is 0.0186. The molecule has 3 nitrogen and oxygen atoms in total. The predicted octanol–water partition coefficient (Wildman–Crippen LogP) is 16.6. The summed E-state index contributed by atoms with van der Waals surface area (Å²) in [5.41, 5.74) is 26.0. The number of aryl methyl sites for hydroxylation is 1. The van der Waals surface area contributed by atoms with Crippen LogP contribution in [0.3, 0.4) is 0 Å². The number of hydrogen-bond acceptors (Lipinski definition) is 3. The van der Waals surface area contributed by atoms with Gasteiger partial charge < -0.3 is 9.32 Å². The zero-order chi connectivity index (χ0) is 49.7. The van der Waals surface area contributed by atoms with Gasteiger partial charge in [-0.3, -0.25) is 4.90 Å². The summed E-state index contributed by atoms with van der Waals surface area (Å²) in [4.78, 5) is 5.28. The van der Waals surface area contributed by atoms with Crippen molar-refractivity contribution in [3.05, 3.63) is 148 Å². The standard InChI is InChI=1S/C67H75BN2O/c1-40-32-55-59-56(33-40)70(53-23-20-42(61(2,3)4)34-44(53)41-18-16-15-17-19-41)54-38-49-48(64(9,10)26-27-65(49,11)12)37-52(54)68(59)58-45-36-50-51(67(14)30-28-66(50,13)29-31-67)39-57(45)71-60(58)69(55)43-21-22-46-47(35-43)63(7,8)25-24-62(46,5)6/h15-23,32-39H,24-31H2,1-14H3. The Morgan fingerprint density at radius 2 is 1.04 bits per heavy atom. The first-order valence-corrected chi connectivity index (χ1v) is 27.3.